The molecule has 3 rings (SSSR count). The summed E-state index contributed by atoms with van der Waals surface area (Å²) < 4.78 is 30.4. The minimum atomic E-state index is -3.81. The predicted octanol–water partition coefficient (Wildman–Crippen LogP) is 2.57. The first kappa shape index (κ1) is 17.6. The third kappa shape index (κ3) is 3.55. The first-order valence-electron chi connectivity index (χ1n) is 7.59. The fourth-order valence-electron chi connectivity index (χ4n) is 2.26. The minimum Gasteiger partial charge on any atom is -0.493 e. The number of ether oxygens (including phenoxy) is 1. The standard InChI is InChI=1S/C18H15N3O4S/c1-25-15-8-5-11-20-17(15)21-18(22)13-6-4-7-14(12-13)26(23,24)16-9-2-3-10-19-16/h2-12H,1H3,(H,20,21,22). The van der Waals surface area contributed by atoms with Gasteiger partial charge >= 0.3 is 0 Å². The van der Waals surface area contributed by atoms with Crippen molar-refractivity contribution < 1.29 is 17.9 Å². The number of hydrogen-bond donors (Lipinski definition) is 1. The molecule has 0 aliphatic rings. The average molecular weight is 369 g/mol. The van der Waals surface area contributed by atoms with E-state index in [-0.39, 0.29) is 21.3 Å². The Labute approximate surface area is 150 Å². The van der Waals surface area contributed by atoms with Gasteiger partial charge in [0, 0.05) is 18.0 Å². The van der Waals surface area contributed by atoms with Crippen LogP contribution in [0.25, 0.3) is 0 Å². The van der Waals surface area contributed by atoms with E-state index in [2.05, 4.69) is 15.3 Å². The van der Waals surface area contributed by atoms with Crippen LogP contribution >= 0.6 is 0 Å². The van der Waals surface area contributed by atoms with Gasteiger partial charge in [0.1, 0.15) is 0 Å². The molecule has 2 aromatic heterocycles. The lowest BCUT2D eigenvalue weighted by molar-refractivity contribution is 0.102. The summed E-state index contributed by atoms with van der Waals surface area (Å²) >= 11 is 0. The van der Waals surface area contributed by atoms with Crippen molar-refractivity contribution in [3.05, 3.63) is 72.6 Å². The van der Waals surface area contributed by atoms with Gasteiger partial charge in [-0.15, -0.1) is 0 Å². The fraction of sp³-hybridized carbons (Fsp3) is 0.0556. The van der Waals surface area contributed by atoms with Crippen molar-refractivity contribution in [1.82, 2.24) is 9.97 Å². The van der Waals surface area contributed by atoms with Crippen molar-refractivity contribution in [3.8, 4) is 5.75 Å². The third-order valence-corrected chi connectivity index (χ3v) is 5.21. The molecule has 8 heteroatoms. The summed E-state index contributed by atoms with van der Waals surface area (Å²) in [5, 5.41) is 2.53. The van der Waals surface area contributed by atoms with Crippen LogP contribution in [0.5, 0.6) is 5.75 Å². The topological polar surface area (TPSA) is 98.2 Å². The number of benzene rings is 1. The lowest BCUT2D eigenvalue weighted by Gasteiger charge is -2.09. The summed E-state index contributed by atoms with van der Waals surface area (Å²) in [6.45, 7) is 0. The number of hydrogen-bond acceptors (Lipinski definition) is 6. The summed E-state index contributed by atoms with van der Waals surface area (Å²) in [6.07, 6.45) is 2.91. The Hall–Kier alpha value is -3.26. The van der Waals surface area contributed by atoms with Crippen LogP contribution in [0.15, 0.2) is 76.9 Å². The molecule has 2 heterocycles. The summed E-state index contributed by atoms with van der Waals surface area (Å²) in [7, 11) is -2.35. The van der Waals surface area contributed by atoms with E-state index in [1.54, 1.807) is 24.3 Å². The Kier molecular flexibility index (Phi) is 4.94. The van der Waals surface area contributed by atoms with E-state index in [4.69, 9.17) is 4.74 Å². The van der Waals surface area contributed by atoms with Gasteiger partial charge in [-0.25, -0.2) is 18.4 Å². The van der Waals surface area contributed by atoms with E-state index in [1.807, 2.05) is 0 Å². The highest BCUT2D eigenvalue weighted by atomic mass is 32.2. The highest BCUT2D eigenvalue weighted by Gasteiger charge is 2.20. The van der Waals surface area contributed by atoms with Gasteiger partial charge in [-0.3, -0.25) is 4.79 Å². The number of pyridine rings is 2. The van der Waals surface area contributed by atoms with Crippen molar-refractivity contribution in [2.75, 3.05) is 12.4 Å². The third-order valence-electron chi connectivity index (χ3n) is 3.54. The van der Waals surface area contributed by atoms with Crippen LogP contribution in [0.3, 0.4) is 0 Å². The van der Waals surface area contributed by atoms with Crippen LogP contribution < -0.4 is 10.1 Å². The van der Waals surface area contributed by atoms with Gasteiger partial charge in [0.2, 0.25) is 9.84 Å². The Morgan fingerprint density at radius 3 is 2.54 bits per heavy atom. The molecule has 0 saturated carbocycles. The van der Waals surface area contributed by atoms with Crippen molar-refractivity contribution >= 4 is 21.6 Å². The number of rotatable bonds is 5. The van der Waals surface area contributed by atoms with Gasteiger partial charge in [0.25, 0.3) is 5.91 Å². The summed E-state index contributed by atoms with van der Waals surface area (Å²) in [4.78, 5) is 20.4. The smallest absolute Gasteiger partial charge is 0.256 e. The lowest BCUT2D eigenvalue weighted by atomic mass is 10.2. The van der Waals surface area contributed by atoms with Crippen molar-refractivity contribution in [3.63, 3.8) is 0 Å². The first-order valence-corrected chi connectivity index (χ1v) is 9.07. The molecule has 7 nitrogen and oxygen atoms in total. The number of aromatic nitrogens is 2. The number of carbonyl (C=O) groups excluding carboxylic acids is 1. The molecule has 0 spiro atoms. The molecule has 0 aliphatic heterocycles. The maximum atomic E-state index is 12.6. The molecule has 26 heavy (non-hydrogen) atoms. The van der Waals surface area contributed by atoms with Gasteiger partial charge in [-0.05, 0) is 42.5 Å². The van der Waals surface area contributed by atoms with Crippen LogP contribution in [0.2, 0.25) is 0 Å². The largest absolute Gasteiger partial charge is 0.493 e. The molecule has 3 aromatic rings. The van der Waals surface area contributed by atoms with E-state index < -0.39 is 15.7 Å². The van der Waals surface area contributed by atoms with E-state index in [0.29, 0.717) is 5.75 Å². The van der Waals surface area contributed by atoms with Crippen LogP contribution in [0, 0.1) is 0 Å². The number of nitrogens with one attached hydrogen (secondary N) is 1. The Morgan fingerprint density at radius 1 is 1.00 bits per heavy atom. The maximum absolute atomic E-state index is 12.6. The zero-order valence-electron chi connectivity index (χ0n) is 13.8. The molecule has 1 aromatic carbocycles. The molecule has 1 amide bonds. The number of amides is 1. The number of methoxy groups -OCH3 is 1. The highest BCUT2D eigenvalue weighted by Crippen LogP contribution is 2.23. The monoisotopic (exact) mass is 369 g/mol. The molecule has 1 N–H and O–H groups in total. The normalized spacial score (nSPS) is 11.0. The van der Waals surface area contributed by atoms with E-state index >= 15 is 0 Å². The molecule has 0 radical (unpaired) electrons. The number of carbonyl (C=O) groups is 1. The highest BCUT2D eigenvalue weighted by molar-refractivity contribution is 7.91. The minimum absolute atomic E-state index is 0.0168. The lowest BCUT2D eigenvalue weighted by Crippen LogP contribution is -2.14. The molecule has 0 fully saturated rings. The van der Waals surface area contributed by atoms with Crippen molar-refractivity contribution in [2.45, 2.75) is 9.92 Å². The van der Waals surface area contributed by atoms with Crippen LogP contribution in [-0.4, -0.2) is 31.4 Å². The number of anilines is 1. The van der Waals surface area contributed by atoms with Gasteiger partial charge in [-0.1, -0.05) is 12.1 Å². The zero-order valence-corrected chi connectivity index (χ0v) is 14.6. The van der Waals surface area contributed by atoms with E-state index in [1.165, 1.54) is 49.8 Å². The van der Waals surface area contributed by atoms with Crippen LogP contribution in [0.1, 0.15) is 10.4 Å². The number of nitrogens with zero attached hydrogens (tertiary/aromatic N) is 2. The fourth-order valence-corrected chi connectivity index (χ4v) is 3.50. The van der Waals surface area contributed by atoms with Crippen molar-refractivity contribution in [1.29, 1.82) is 0 Å². The molecule has 0 saturated heterocycles. The second-order valence-electron chi connectivity index (χ2n) is 5.21. The Bertz CT molecular complexity index is 1040. The molecule has 0 unspecified atom stereocenters. The molecule has 132 valence electrons. The van der Waals surface area contributed by atoms with E-state index in [0.717, 1.165) is 0 Å². The van der Waals surface area contributed by atoms with Gasteiger partial charge in [-0.2, -0.15) is 0 Å². The molecular formula is C18H15N3O4S. The van der Waals surface area contributed by atoms with Gasteiger partial charge in [0.15, 0.2) is 16.6 Å². The predicted molar refractivity (Wildman–Crippen MR) is 94.9 cm³/mol. The van der Waals surface area contributed by atoms with Gasteiger partial charge in [0.05, 0.1) is 12.0 Å². The quantitative estimate of drug-likeness (QED) is 0.742. The SMILES string of the molecule is COc1cccnc1NC(=O)c1cccc(S(=O)(=O)c2ccccn2)c1. The second kappa shape index (κ2) is 7.32. The zero-order chi connectivity index (χ0) is 18.6. The van der Waals surface area contributed by atoms with Crippen LogP contribution in [-0.2, 0) is 9.84 Å². The van der Waals surface area contributed by atoms with Crippen molar-refractivity contribution in [2.24, 2.45) is 0 Å². The molecular weight excluding hydrogens is 354 g/mol. The summed E-state index contributed by atoms with van der Waals surface area (Å²) in [6, 6.07) is 13.7. The average Bonchev–Trinajstić information content (AvgIpc) is 2.69. The summed E-state index contributed by atoms with van der Waals surface area (Å²) in [5.74, 6) is 0.149. The number of sulfone groups is 1. The van der Waals surface area contributed by atoms with Crippen LogP contribution in [0.4, 0.5) is 5.82 Å². The summed E-state index contributed by atoms with van der Waals surface area (Å²) in [5.41, 5.74) is 0.176. The maximum Gasteiger partial charge on any atom is 0.256 e. The second-order valence-corrected chi connectivity index (χ2v) is 7.10. The van der Waals surface area contributed by atoms with E-state index in [9.17, 15) is 13.2 Å². The van der Waals surface area contributed by atoms with Gasteiger partial charge < -0.3 is 10.1 Å². The first-order chi connectivity index (χ1) is 12.5. The molecule has 0 atom stereocenters. The molecule has 0 aliphatic carbocycles. The molecule has 0 bridgehead atoms. The Morgan fingerprint density at radius 2 is 1.81 bits per heavy atom. The Balaban J connectivity index is 1.91.